The number of hydrogen-bond donors (Lipinski definition) is 1. The van der Waals surface area contributed by atoms with Crippen LogP contribution in [0.2, 0.25) is 0 Å². The molecule has 7 heteroatoms. The molecule has 0 radical (unpaired) electrons. The predicted octanol–water partition coefficient (Wildman–Crippen LogP) is 3.34. The highest BCUT2D eigenvalue weighted by Crippen LogP contribution is 2.33. The number of nitrogens with two attached hydrogens (primary N) is 1. The second-order valence-electron chi connectivity index (χ2n) is 5.97. The van der Waals surface area contributed by atoms with Crippen molar-refractivity contribution >= 4 is 18.3 Å². The van der Waals surface area contributed by atoms with Gasteiger partial charge in [0.15, 0.2) is 0 Å². The van der Waals surface area contributed by atoms with Crippen LogP contribution in [0, 0.1) is 23.4 Å². The molecule has 134 valence electrons. The SMILES string of the molecule is Cl.NC[C@@H]1CN(C(=O)c2c(F)cc(F)cc2F)C[C@H]1c1ccccc1. The predicted molar refractivity (Wildman–Crippen MR) is 91.2 cm³/mol. The summed E-state index contributed by atoms with van der Waals surface area (Å²) in [5, 5.41) is 0. The number of benzene rings is 2. The van der Waals surface area contributed by atoms with Crippen molar-refractivity contribution in [1.29, 1.82) is 0 Å². The molecule has 25 heavy (non-hydrogen) atoms. The van der Waals surface area contributed by atoms with Crippen LogP contribution in [0.3, 0.4) is 0 Å². The van der Waals surface area contributed by atoms with Crippen molar-refractivity contribution in [3.05, 3.63) is 71.0 Å². The van der Waals surface area contributed by atoms with Crippen LogP contribution in [0.4, 0.5) is 13.2 Å². The number of rotatable bonds is 3. The van der Waals surface area contributed by atoms with Gasteiger partial charge in [0.05, 0.1) is 0 Å². The van der Waals surface area contributed by atoms with E-state index in [0.717, 1.165) is 5.56 Å². The minimum Gasteiger partial charge on any atom is -0.337 e. The van der Waals surface area contributed by atoms with Crippen LogP contribution in [0.25, 0.3) is 0 Å². The van der Waals surface area contributed by atoms with E-state index in [0.29, 0.717) is 31.8 Å². The molecule has 2 aromatic carbocycles. The van der Waals surface area contributed by atoms with E-state index in [-0.39, 0.29) is 24.2 Å². The first-order valence-electron chi connectivity index (χ1n) is 7.70. The van der Waals surface area contributed by atoms with Crippen molar-refractivity contribution in [2.75, 3.05) is 19.6 Å². The van der Waals surface area contributed by atoms with Crippen molar-refractivity contribution < 1.29 is 18.0 Å². The molecule has 0 unspecified atom stereocenters. The maximum Gasteiger partial charge on any atom is 0.259 e. The molecule has 2 atom stereocenters. The number of amides is 1. The van der Waals surface area contributed by atoms with Crippen molar-refractivity contribution in [1.82, 2.24) is 4.90 Å². The van der Waals surface area contributed by atoms with Gasteiger partial charge in [-0.05, 0) is 18.0 Å². The van der Waals surface area contributed by atoms with Gasteiger partial charge in [0, 0.05) is 31.1 Å². The summed E-state index contributed by atoms with van der Waals surface area (Å²) in [5.74, 6) is -4.20. The first kappa shape index (κ1) is 19.3. The van der Waals surface area contributed by atoms with Gasteiger partial charge < -0.3 is 10.6 Å². The fourth-order valence-electron chi connectivity index (χ4n) is 3.26. The lowest BCUT2D eigenvalue weighted by atomic mass is 9.89. The lowest BCUT2D eigenvalue weighted by Crippen LogP contribution is -2.31. The zero-order chi connectivity index (χ0) is 17.3. The molecule has 0 bridgehead atoms. The Morgan fingerprint density at radius 1 is 1.08 bits per heavy atom. The molecule has 1 fully saturated rings. The van der Waals surface area contributed by atoms with Crippen LogP contribution < -0.4 is 5.73 Å². The average molecular weight is 371 g/mol. The molecule has 1 heterocycles. The van der Waals surface area contributed by atoms with E-state index in [4.69, 9.17) is 5.73 Å². The minimum absolute atomic E-state index is 0. The summed E-state index contributed by atoms with van der Waals surface area (Å²) in [5.41, 5.74) is 6.12. The number of carbonyl (C=O) groups excluding carboxylic acids is 1. The Kier molecular flexibility index (Phi) is 6.08. The van der Waals surface area contributed by atoms with Gasteiger partial charge in [-0.15, -0.1) is 12.4 Å². The van der Waals surface area contributed by atoms with Crippen molar-refractivity contribution in [2.24, 2.45) is 11.7 Å². The number of halogens is 4. The third kappa shape index (κ3) is 3.80. The Balaban J connectivity index is 0.00000225. The van der Waals surface area contributed by atoms with Gasteiger partial charge in [-0.2, -0.15) is 0 Å². The molecule has 1 amide bonds. The van der Waals surface area contributed by atoms with Gasteiger partial charge >= 0.3 is 0 Å². The molecule has 3 nitrogen and oxygen atoms in total. The van der Waals surface area contributed by atoms with Crippen LogP contribution in [0.1, 0.15) is 21.8 Å². The minimum atomic E-state index is -1.19. The molecule has 2 N–H and O–H groups in total. The zero-order valence-electron chi connectivity index (χ0n) is 13.3. The Bertz CT molecular complexity index is 734. The van der Waals surface area contributed by atoms with E-state index in [1.165, 1.54) is 4.90 Å². The molecule has 0 spiro atoms. The molecule has 0 saturated carbocycles. The Morgan fingerprint density at radius 3 is 2.24 bits per heavy atom. The molecular weight excluding hydrogens is 353 g/mol. The van der Waals surface area contributed by atoms with Gasteiger partial charge in [-0.3, -0.25) is 4.79 Å². The highest BCUT2D eigenvalue weighted by Gasteiger charge is 2.37. The normalized spacial score (nSPS) is 19.6. The molecule has 1 saturated heterocycles. The molecule has 0 aliphatic carbocycles. The van der Waals surface area contributed by atoms with Crippen molar-refractivity contribution in [3.8, 4) is 0 Å². The van der Waals surface area contributed by atoms with Crippen LogP contribution in [-0.2, 0) is 0 Å². The van der Waals surface area contributed by atoms with Crippen LogP contribution in [0.15, 0.2) is 42.5 Å². The number of hydrogen-bond acceptors (Lipinski definition) is 2. The second kappa shape index (κ2) is 7.89. The first-order chi connectivity index (χ1) is 11.5. The molecular formula is C18H18ClF3N2O. The largest absolute Gasteiger partial charge is 0.337 e. The molecule has 1 aliphatic rings. The van der Waals surface area contributed by atoms with Crippen molar-refractivity contribution in [3.63, 3.8) is 0 Å². The Hall–Kier alpha value is -2.05. The van der Waals surface area contributed by atoms with Gasteiger partial charge in [0.2, 0.25) is 0 Å². The van der Waals surface area contributed by atoms with E-state index in [1.807, 2.05) is 30.3 Å². The van der Waals surface area contributed by atoms with Crippen LogP contribution in [-0.4, -0.2) is 30.4 Å². The summed E-state index contributed by atoms with van der Waals surface area (Å²) < 4.78 is 40.8. The summed E-state index contributed by atoms with van der Waals surface area (Å²) in [7, 11) is 0. The van der Waals surface area contributed by atoms with E-state index in [2.05, 4.69) is 0 Å². The Morgan fingerprint density at radius 2 is 1.68 bits per heavy atom. The first-order valence-corrected chi connectivity index (χ1v) is 7.70. The summed E-state index contributed by atoms with van der Waals surface area (Å²) in [6.45, 7) is 0.990. The zero-order valence-corrected chi connectivity index (χ0v) is 14.1. The van der Waals surface area contributed by atoms with E-state index in [9.17, 15) is 18.0 Å². The fraction of sp³-hybridized carbons (Fsp3) is 0.278. The Labute approximate surface area is 150 Å². The number of likely N-dealkylation sites (tertiary alicyclic amines) is 1. The van der Waals surface area contributed by atoms with Gasteiger partial charge in [0.1, 0.15) is 23.0 Å². The molecule has 1 aliphatic heterocycles. The average Bonchev–Trinajstić information content (AvgIpc) is 2.99. The topological polar surface area (TPSA) is 46.3 Å². The number of nitrogens with zero attached hydrogens (tertiary/aromatic N) is 1. The summed E-state index contributed by atoms with van der Waals surface area (Å²) in [4.78, 5) is 13.9. The van der Waals surface area contributed by atoms with Gasteiger partial charge in [-0.25, -0.2) is 13.2 Å². The summed E-state index contributed by atoms with van der Waals surface area (Å²) in [6.07, 6.45) is 0. The van der Waals surface area contributed by atoms with E-state index in [1.54, 1.807) is 0 Å². The standard InChI is InChI=1S/C18H17F3N2O.ClH/c19-13-6-15(20)17(16(21)7-13)18(24)23-9-12(8-22)14(10-23)11-4-2-1-3-5-11;/h1-7,12,14H,8-10,22H2;1H/t12-,14+;/m1./s1. The molecule has 2 aromatic rings. The number of carbonyl (C=O) groups is 1. The lowest BCUT2D eigenvalue weighted by molar-refractivity contribution is 0.0776. The fourth-order valence-corrected chi connectivity index (χ4v) is 3.26. The quantitative estimate of drug-likeness (QED) is 0.900. The maximum atomic E-state index is 13.9. The second-order valence-corrected chi connectivity index (χ2v) is 5.97. The summed E-state index contributed by atoms with van der Waals surface area (Å²) >= 11 is 0. The molecule has 3 rings (SSSR count). The molecule has 0 aromatic heterocycles. The summed E-state index contributed by atoms with van der Waals surface area (Å²) in [6, 6.07) is 10.6. The monoisotopic (exact) mass is 370 g/mol. The highest BCUT2D eigenvalue weighted by atomic mass is 35.5. The van der Waals surface area contributed by atoms with E-state index >= 15 is 0 Å². The van der Waals surface area contributed by atoms with Crippen LogP contribution >= 0.6 is 12.4 Å². The lowest BCUT2D eigenvalue weighted by Gasteiger charge is -2.17. The van der Waals surface area contributed by atoms with Crippen LogP contribution in [0.5, 0.6) is 0 Å². The highest BCUT2D eigenvalue weighted by molar-refractivity contribution is 5.95. The smallest absolute Gasteiger partial charge is 0.259 e. The third-order valence-electron chi connectivity index (χ3n) is 4.48. The maximum absolute atomic E-state index is 13.9. The van der Waals surface area contributed by atoms with Gasteiger partial charge in [0.25, 0.3) is 5.91 Å². The van der Waals surface area contributed by atoms with Gasteiger partial charge in [-0.1, -0.05) is 30.3 Å². The third-order valence-corrected chi connectivity index (χ3v) is 4.48. The van der Waals surface area contributed by atoms with Crippen molar-refractivity contribution in [2.45, 2.75) is 5.92 Å². The van der Waals surface area contributed by atoms with E-state index < -0.39 is 28.9 Å².